The van der Waals surface area contributed by atoms with Crippen LogP contribution < -0.4 is 0 Å². The average molecular weight is 675 g/mol. The normalized spacial score (nSPS) is 12.4. The molecule has 0 aliphatic heterocycles. The first-order valence-corrected chi connectivity index (χ1v) is 15.6. The smallest absolute Gasteiger partial charge is 0.308 e. The number of fused-ring (bicyclic) bond motifs is 6. The predicted molar refractivity (Wildman–Crippen MR) is 183 cm³/mol. The van der Waals surface area contributed by atoms with Crippen LogP contribution in [0.3, 0.4) is 0 Å². The zero-order chi connectivity index (χ0) is 35.1. The topological polar surface area (TPSA) is 46.5 Å². The van der Waals surface area contributed by atoms with Crippen LogP contribution in [0.25, 0.3) is 66.1 Å². The van der Waals surface area contributed by atoms with E-state index in [0.29, 0.717) is 43.7 Å². The minimum absolute atomic E-state index is 0.0678. The molecule has 246 valence electrons. The quantitative estimate of drug-likeness (QED) is 0.175. The van der Waals surface area contributed by atoms with Gasteiger partial charge in [0.2, 0.25) is 0 Å². The summed E-state index contributed by atoms with van der Waals surface area (Å²) in [5.41, 5.74) is 3.48. The number of alkyl halides is 6. The van der Waals surface area contributed by atoms with Gasteiger partial charge in [-0.3, -0.25) is 4.98 Å². The number of halogens is 6. The molecule has 0 bridgehead atoms. The Morgan fingerprint density at radius 1 is 0.520 bits per heavy atom. The highest BCUT2D eigenvalue weighted by atomic mass is 19.4. The lowest BCUT2D eigenvalue weighted by Crippen LogP contribution is -2.08. The summed E-state index contributed by atoms with van der Waals surface area (Å²) in [5, 5.41) is 13.4. The maximum Gasteiger partial charge on any atom is 0.416 e. The van der Waals surface area contributed by atoms with Crippen molar-refractivity contribution < 1.29 is 26.3 Å². The summed E-state index contributed by atoms with van der Waals surface area (Å²) in [5.74, 6) is 0. The molecular weight excluding hydrogens is 650 g/mol. The molecule has 50 heavy (non-hydrogen) atoms. The van der Waals surface area contributed by atoms with Crippen LogP contribution in [-0.2, 0) is 12.4 Å². The van der Waals surface area contributed by atoms with Crippen molar-refractivity contribution in [3.05, 3.63) is 137 Å². The molecule has 0 saturated carbocycles. The number of aryl methyl sites for hydroxylation is 2. The van der Waals surface area contributed by atoms with Gasteiger partial charge in [-0.2, -0.15) is 31.6 Å². The molecule has 0 aliphatic rings. The van der Waals surface area contributed by atoms with E-state index in [1.165, 1.54) is 12.1 Å². The molecule has 5 aromatic carbocycles. The molecule has 0 radical (unpaired) electrons. The number of rotatable bonds is 3. The number of benzene rings is 5. The van der Waals surface area contributed by atoms with Gasteiger partial charge in [0.15, 0.2) is 0 Å². The zero-order valence-corrected chi connectivity index (χ0v) is 26.4. The van der Waals surface area contributed by atoms with Crippen LogP contribution in [0.4, 0.5) is 26.3 Å². The molecule has 0 unspecified atom stereocenters. The molecule has 0 spiro atoms. The van der Waals surface area contributed by atoms with E-state index in [4.69, 9.17) is 0 Å². The summed E-state index contributed by atoms with van der Waals surface area (Å²) in [6.45, 7) is 3.73. The number of hydrogen-bond acceptors (Lipinski definition) is 2. The van der Waals surface area contributed by atoms with Crippen molar-refractivity contribution >= 4 is 43.6 Å². The van der Waals surface area contributed by atoms with Crippen molar-refractivity contribution in [1.82, 2.24) is 14.1 Å². The van der Waals surface area contributed by atoms with Gasteiger partial charge in [-0.1, -0.05) is 36.4 Å². The maximum absolute atomic E-state index is 14.1. The Kier molecular flexibility index (Phi) is 6.85. The number of nitriles is 1. The van der Waals surface area contributed by atoms with Crippen LogP contribution in [0.15, 0.2) is 109 Å². The summed E-state index contributed by atoms with van der Waals surface area (Å²) in [6.07, 6.45) is -6.09. The summed E-state index contributed by atoms with van der Waals surface area (Å²) in [4.78, 5) is 4.12. The SMILES string of the molecule is Cc1ccc2c3ccc(C(F)(F)F)cc3n(-c3cc(-c4ccncc4)cc(-n4c5cc(C)ccc5c5ccc(C(F)(F)F)cc54)c3C#N)c2c1. The average Bonchev–Trinajstić information content (AvgIpc) is 3.57. The summed E-state index contributed by atoms with van der Waals surface area (Å²) < 4.78 is 88.2. The Balaban J connectivity index is 1.58. The van der Waals surface area contributed by atoms with E-state index in [-0.39, 0.29) is 28.0 Å². The van der Waals surface area contributed by atoms with E-state index < -0.39 is 23.5 Å². The molecule has 0 N–H and O–H groups in total. The van der Waals surface area contributed by atoms with Crippen molar-refractivity contribution in [3.8, 4) is 28.6 Å². The third-order valence-corrected chi connectivity index (χ3v) is 9.20. The van der Waals surface area contributed by atoms with Crippen LogP contribution in [0.5, 0.6) is 0 Å². The van der Waals surface area contributed by atoms with Gasteiger partial charge in [0.05, 0.1) is 44.6 Å². The standard InChI is InChI=1S/C40H24F6N4/c1-22-3-7-28-30-9-5-26(39(41,42)43)19-37(30)49(33(28)15-22)35-17-25(24-11-13-48-14-12-24)18-36(32(35)21-47)50-34-16-23(2)4-8-29(34)31-10-6-27(20-38(31)50)40(44,45)46/h3-20H,1-2H3. The Morgan fingerprint density at radius 2 is 0.920 bits per heavy atom. The second-order valence-electron chi connectivity index (χ2n) is 12.4. The molecule has 0 amide bonds. The lowest BCUT2D eigenvalue weighted by Gasteiger charge is -2.19. The van der Waals surface area contributed by atoms with Crippen molar-refractivity contribution in [2.75, 3.05) is 0 Å². The van der Waals surface area contributed by atoms with Crippen molar-refractivity contribution in [2.24, 2.45) is 0 Å². The Morgan fingerprint density at radius 3 is 1.32 bits per heavy atom. The Bertz CT molecular complexity index is 2550. The number of aromatic nitrogens is 3. The van der Waals surface area contributed by atoms with E-state index in [9.17, 15) is 31.6 Å². The van der Waals surface area contributed by atoms with E-state index in [1.54, 1.807) is 45.8 Å². The van der Waals surface area contributed by atoms with E-state index in [1.807, 2.05) is 50.2 Å². The first-order chi connectivity index (χ1) is 23.8. The summed E-state index contributed by atoms with van der Waals surface area (Å²) in [6, 6.07) is 27.5. The Hall–Kier alpha value is -6.08. The van der Waals surface area contributed by atoms with E-state index >= 15 is 0 Å². The monoisotopic (exact) mass is 674 g/mol. The predicted octanol–water partition coefficient (Wildman–Crippen LogP) is 11.5. The van der Waals surface area contributed by atoms with E-state index in [2.05, 4.69) is 11.1 Å². The maximum atomic E-state index is 14.1. The molecule has 0 saturated heterocycles. The third-order valence-electron chi connectivity index (χ3n) is 9.20. The number of nitrogens with zero attached hydrogens (tertiary/aromatic N) is 4. The third kappa shape index (κ3) is 4.88. The minimum atomic E-state index is -4.63. The van der Waals surface area contributed by atoms with Gasteiger partial charge in [0.25, 0.3) is 0 Å². The highest BCUT2D eigenvalue weighted by molar-refractivity contribution is 6.11. The first kappa shape index (κ1) is 31.2. The van der Waals surface area contributed by atoms with E-state index in [0.717, 1.165) is 35.4 Å². The van der Waals surface area contributed by atoms with Crippen molar-refractivity contribution in [1.29, 1.82) is 5.26 Å². The fraction of sp³-hybridized carbons (Fsp3) is 0.100. The molecule has 8 rings (SSSR count). The van der Waals surface area contributed by atoms with Crippen molar-refractivity contribution in [2.45, 2.75) is 26.2 Å². The Labute approximate surface area is 281 Å². The van der Waals surface area contributed by atoms with Gasteiger partial charge < -0.3 is 9.13 Å². The van der Waals surface area contributed by atoms with Crippen LogP contribution in [0.2, 0.25) is 0 Å². The molecule has 8 aromatic rings. The van der Waals surface area contributed by atoms with Gasteiger partial charge in [-0.05, 0) is 96.8 Å². The zero-order valence-electron chi connectivity index (χ0n) is 26.4. The lowest BCUT2D eigenvalue weighted by molar-refractivity contribution is -0.138. The summed E-state index contributed by atoms with van der Waals surface area (Å²) >= 11 is 0. The van der Waals surface area contributed by atoms with Crippen LogP contribution in [-0.4, -0.2) is 14.1 Å². The molecule has 3 heterocycles. The second kappa shape index (κ2) is 11.0. The molecule has 0 aliphatic carbocycles. The summed E-state index contributed by atoms with van der Waals surface area (Å²) in [7, 11) is 0. The highest BCUT2D eigenvalue weighted by Gasteiger charge is 2.33. The molecule has 10 heteroatoms. The molecule has 4 nitrogen and oxygen atoms in total. The fourth-order valence-electron chi connectivity index (χ4n) is 6.92. The largest absolute Gasteiger partial charge is 0.416 e. The van der Waals surface area contributed by atoms with Gasteiger partial charge >= 0.3 is 12.4 Å². The van der Waals surface area contributed by atoms with Gasteiger partial charge in [0.1, 0.15) is 11.6 Å². The molecular formula is C40H24F6N4. The van der Waals surface area contributed by atoms with Gasteiger partial charge in [-0.25, -0.2) is 0 Å². The van der Waals surface area contributed by atoms with Crippen LogP contribution in [0.1, 0.15) is 27.8 Å². The molecule has 0 atom stereocenters. The number of pyridine rings is 1. The molecule has 0 fully saturated rings. The second-order valence-corrected chi connectivity index (χ2v) is 12.4. The van der Waals surface area contributed by atoms with Crippen molar-refractivity contribution in [3.63, 3.8) is 0 Å². The van der Waals surface area contributed by atoms with Crippen LogP contribution in [0, 0.1) is 25.2 Å². The van der Waals surface area contributed by atoms with Gasteiger partial charge in [-0.15, -0.1) is 0 Å². The van der Waals surface area contributed by atoms with Gasteiger partial charge in [0, 0.05) is 33.9 Å². The minimum Gasteiger partial charge on any atom is -0.308 e. The van der Waals surface area contributed by atoms with Crippen LogP contribution >= 0.6 is 0 Å². The molecule has 3 aromatic heterocycles. The number of hydrogen-bond donors (Lipinski definition) is 0. The fourth-order valence-corrected chi connectivity index (χ4v) is 6.92. The highest BCUT2D eigenvalue weighted by Crippen LogP contribution is 2.43. The first-order valence-electron chi connectivity index (χ1n) is 15.6. The lowest BCUT2D eigenvalue weighted by atomic mass is 10.0.